The molecule has 4 heteroatoms. The minimum absolute atomic E-state index is 0.0961. The maximum absolute atomic E-state index is 12.6. The van der Waals surface area contributed by atoms with Crippen molar-refractivity contribution in [1.29, 1.82) is 0 Å². The molecule has 0 fully saturated rings. The van der Waals surface area contributed by atoms with Gasteiger partial charge in [-0.1, -0.05) is 48.5 Å². The number of hydrogen-bond donors (Lipinski definition) is 2. The lowest BCUT2D eigenvalue weighted by molar-refractivity contribution is 0.100. The maximum Gasteiger partial charge on any atom is 0.256 e. The molecule has 3 rings (SSSR count). The minimum Gasteiger partial charge on any atom is -0.324 e. The summed E-state index contributed by atoms with van der Waals surface area (Å²) in [6.45, 7) is -0.0961. The highest BCUT2D eigenvalue weighted by Crippen LogP contribution is 2.21. The van der Waals surface area contributed by atoms with Crippen LogP contribution in [0, 0.1) is 0 Å². The first-order valence-electron chi connectivity index (χ1n) is 7.32. The van der Waals surface area contributed by atoms with E-state index in [-0.39, 0.29) is 18.2 Å². The van der Waals surface area contributed by atoms with Crippen LogP contribution >= 0.6 is 0 Å². The van der Waals surface area contributed by atoms with E-state index in [1.807, 2.05) is 36.4 Å². The molecule has 23 heavy (non-hydrogen) atoms. The summed E-state index contributed by atoms with van der Waals surface area (Å²) in [5, 5.41) is 4.68. The van der Waals surface area contributed by atoms with E-state index in [4.69, 9.17) is 5.73 Å². The van der Waals surface area contributed by atoms with E-state index < -0.39 is 0 Å². The Morgan fingerprint density at radius 3 is 2.30 bits per heavy atom. The smallest absolute Gasteiger partial charge is 0.256 e. The van der Waals surface area contributed by atoms with Crippen molar-refractivity contribution in [1.82, 2.24) is 0 Å². The van der Waals surface area contributed by atoms with Crippen molar-refractivity contribution in [2.75, 3.05) is 11.9 Å². The number of anilines is 1. The lowest BCUT2D eigenvalue weighted by atomic mass is 10.0. The van der Waals surface area contributed by atoms with Gasteiger partial charge in [-0.3, -0.25) is 9.59 Å². The second-order valence-electron chi connectivity index (χ2n) is 5.15. The first-order valence-corrected chi connectivity index (χ1v) is 7.32. The van der Waals surface area contributed by atoms with Crippen LogP contribution in [0.1, 0.15) is 20.7 Å². The molecule has 0 saturated heterocycles. The van der Waals surface area contributed by atoms with Crippen LogP contribution in [0.2, 0.25) is 0 Å². The van der Waals surface area contributed by atoms with Crippen LogP contribution in [0.15, 0.2) is 66.7 Å². The highest BCUT2D eigenvalue weighted by Gasteiger charge is 2.14. The predicted molar refractivity (Wildman–Crippen MR) is 91.7 cm³/mol. The quantitative estimate of drug-likeness (QED) is 0.727. The van der Waals surface area contributed by atoms with Crippen molar-refractivity contribution in [3.05, 3.63) is 77.9 Å². The third-order valence-corrected chi connectivity index (χ3v) is 3.70. The summed E-state index contributed by atoms with van der Waals surface area (Å²) in [5.41, 5.74) is 6.89. The average Bonchev–Trinajstić information content (AvgIpc) is 2.61. The number of para-hydroxylation sites is 1. The average molecular weight is 304 g/mol. The number of nitrogens with one attached hydrogen (secondary N) is 1. The fourth-order valence-corrected chi connectivity index (χ4v) is 2.56. The van der Waals surface area contributed by atoms with Gasteiger partial charge >= 0.3 is 0 Å². The van der Waals surface area contributed by atoms with Gasteiger partial charge in [-0.2, -0.15) is 0 Å². The van der Waals surface area contributed by atoms with Gasteiger partial charge in [0.15, 0.2) is 5.78 Å². The fourth-order valence-electron chi connectivity index (χ4n) is 2.56. The van der Waals surface area contributed by atoms with Gasteiger partial charge in [0.05, 0.1) is 12.2 Å². The Balaban J connectivity index is 1.98. The Morgan fingerprint density at radius 1 is 0.826 bits per heavy atom. The predicted octanol–water partition coefficient (Wildman–Crippen LogP) is 3.23. The summed E-state index contributed by atoms with van der Waals surface area (Å²) in [5.74, 6) is -0.460. The molecule has 0 unspecified atom stereocenters. The molecule has 0 radical (unpaired) electrons. The van der Waals surface area contributed by atoms with Gasteiger partial charge in [0.25, 0.3) is 5.91 Å². The number of ketones is 1. The second kappa shape index (κ2) is 6.42. The molecule has 114 valence electrons. The van der Waals surface area contributed by atoms with Crippen molar-refractivity contribution in [2.45, 2.75) is 0 Å². The zero-order valence-electron chi connectivity index (χ0n) is 12.5. The molecule has 4 nitrogen and oxygen atoms in total. The first-order chi connectivity index (χ1) is 11.2. The molecule has 1 amide bonds. The Kier molecular flexibility index (Phi) is 4.17. The van der Waals surface area contributed by atoms with Crippen LogP contribution in [0.4, 0.5) is 5.69 Å². The van der Waals surface area contributed by atoms with Crippen LogP contribution in [0.3, 0.4) is 0 Å². The fraction of sp³-hybridized carbons (Fsp3) is 0.0526. The molecule has 0 aliphatic rings. The van der Waals surface area contributed by atoms with Gasteiger partial charge < -0.3 is 11.1 Å². The molecular weight excluding hydrogens is 288 g/mol. The van der Waals surface area contributed by atoms with Crippen LogP contribution in [-0.4, -0.2) is 18.2 Å². The van der Waals surface area contributed by atoms with E-state index in [1.54, 1.807) is 30.3 Å². The molecule has 0 spiro atoms. The van der Waals surface area contributed by atoms with E-state index in [0.717, 1.165) is 10.8 Å². The maximum atomic E-state index is 12.6. The van der Waals surface area contributed by atoms with Crippen LogP contribution in [0.25, 0.3) is 10.8 Å². The largest absolute Gasteiger partial charge is 0.324 e. The molecule has 0 bridgehead atoms. The first kappa shape index (κ1) is 14.9. The molecule has 3 aromatic carbocycles. The lowest BCUT2D eigenvalue weighted by Crippen LogP contribution is -2.18. The van der Waals surface area contributed by atoms with Crippen molar-refractivity contribution in [3.63, 3.8) is 0 Å². The summed E-state index contributed by atoms with van der Waals surface area (Å²) in [6.07, 6.45) is 0. The number of nitrogens with two attached hydrogens (primary N) is 1. The van der Waals surface area contributed by atoms with Crippen molar-refractivity contribution in [2.24, 2.45) is 5.73 Å². The minimum atomic E-state index is -0.251. The number of fused-ring (bicyclic) bond motifs is 1. The Bertz CT molecular complexity index is 882. The molecule has 3 aromatic rings. The molecule has 0 saturated carbocycles. The Hall–Kier alpha value is -2.98. The summed E-state index contributed by atoms with van der Waals surface area (Å²) in [4.78, 5) is 24.5. The number of hydrogen-bond acceptors (Lipinski definition) is 3. The molecule has 0 aromatic heterocycles. The standard InChI is InChI=1S/C19H16N2O2/c20-12-18(22)16-9-3-4-11-17(16)21-19(23)15-10-5-7-13-6-1-2-8-14(13)15/h1-11H,12,20H2,(H,21,23). The molecular formula is C19H16N2O2. The van der Waals surface area contributed by atoms with Crippen LogP contribution in [-0.2, 0) is 0 Å². The highest BCUT2D eigenvalue weighted by atomic mass is 16.2. The summed E-state index contributed by atoms with van der Waals surface area (Å²) >= 11 is 0. The van der Waals surface area contributed by atoms with Crippen LogP contribution < -0.4 is 11.1 Å². The normalized spacial score (nSPS) is 10.5. The summed E-state index contributed by atoms with van der Waals surface area (Å²) < 4.78 is 0. The number of benzene rings is 3. The topological polar surface area (TPSA) is 72.2 Å². The number of Topliss-reactive ketones (excluding diaryl/α,β-unsaturated/α-hetero) is 1. The molecule has 3 N–H and O–H groups in total. The van der Waals surface area contributed by atoms with E-state index in [1.165, 1.54) is 0 Å². The van der Waals surface area contributed by atoms with Gasteiger partial charge in [-0.05, 0) is 29.0 Å². The lowest BCUT2D eigenvalue weighted by Gasteiger charge is -2.11. The van der Waals surface area contributed by atoms with Crippen molar-refractivity contribution in [3.8, 4) is 0 Å². The number of carbonyl (C=O) groups is 2. The third-order valence-electron chi connectivity index (χ3n) is 3.70. The number of carbonyl (C=O) groups excluding carboxylic acids is 2. The van der Waals surface area contributed by atoms with Gasteiger partial charge in [0, 0.05) is 11.1 Å². The van der Waals surface area contributed by atoms with Crippen molar-refractivity contribution < 1.29 is 9.59 Å². The monoisotopic (exact) mass is 304 g/mol. The number of rotatable bonds is 4. The van der Waals surface area contributed by atoms with Gasteiger partial charge in [-0.15, -0.1) is 0 Å². The SMILES string of the molecule is NCC(=O)c1ccccc1NC(=O)c1cccc2ccccc12. The highest BCUT2D eigenvalue weighted by molar-refractivity contribution is 6.15. The third kappa shape index (κ3) is 2.98. The van der Waals surface area contributed by atoms with Crippen LogP contribution in [0.5, 0.6) is 0 Å². The van der Waals surface area contributed by atoms with E-state index >= 15 is 0 Å². The van der Waals surface area contributed by atoms with E-state index in [9.17, 15) is 9.59 Å². The summed E-state index contributed by atoms with van der Waals surface area (Å²) in [6, 6.07) is 20.1. The van der Waals surface area contributed by atoms with Crippen molar-refractivity contribution >= 4 is 28.2 Å². The molecule has 0 heterocycles. The molecule has 0 aliphatic heterocycles. The van der Waals surface area contributed by atoms with E-state index in [2.05, 4.69) is 5.32 Å². The zero-order valence-corrected chi connectivity index (χ0v) is 12.5. The second-order valence-corrected chi connectivity index (χ2v) is 5.15. The van der Waals surface area contributed by atoms with Gasteiger partial charge in [-0.25, -0.2) is 0 Å². The Morgan fingerprint density at radius 2 is 1.48 bits per heavy atom. The number of amides is 1. The molecule has 0 aliphatic carbocycles. The van der Waals surface area contributed by atoms with Gasteiger partial charge in [0.1, 0.15) is 0 Å². The zero-order chi connectivity index (χ0) is 16.2. The van der Waals surface area contributed by atoms with Gasteiger partial charge in [0.2, 0.25) is 0 Å². The summed E-state index contributed by atoms with van der Waals surface area (Å²) in [7, 11) is 0. The molecule has 0 atom stereocenters. The van der Waals surface area contributed by atoms with E-state index in [0.29, 0.717) is 16.8 Å². The Labute approximate surface area is 133 Å².